The smallest absolute Gasteiger partial charge is 0.253 e. The number of nitrogens with one attached hydrogen (secondary N) is 1. The summed E-state index contributed by atoms with van der Waals surface area (Å²) in [5.74, 6) is 0. The fourth-order valence-electron chi connectivity index (χ4n) is 2.16. The molecule has 116 valence electrons. The van der Waals surface area contributed by atoms with E-state index in [2.05, 4.69) is 14.9 Å². The number of sulfonamides is 1. The summed E-state index contributed by atoms with van der Waals surface area (Å²) in [6.07, 6.45) is -0.207. The topological polar surface area (TPSA) is 72.0 Å². The van der Waals surface area contributed by atoms with Crippen molar-refractivity contribution >= 4 is 32.6 Å². The van der Waals surface area contributed by atoms with Gasteiger partial charge in [-0.05, 0) is 30.0 Å². The number of hydrogen-bond donors (Lipinski definition) is 1. The molecule has 0 atom stereocenters. The Balaban J connectivity index is 1.86. The van der Waals surface area contributed by atoms with Gasteiger partial charge in [-0.3, -0.25) is 4.72 Å². The van der Waals surface area contributed by atoms with E-state index in [0.29, 0.717) is 24.2 Å². The SMILES string of the molecule is O=S(=O)(Nc1nnc(C(F)F)s1)C1=Cc2ccccc2CC1. The number of nitrogens with zero attached hydrogens (tertiary/aromatic N) is 2. The van der Waals surface area contributed by atoms with Crippen molar-refractivity contribution in [3.05, 3.63) is 45.3 Å². The van der Waals surface area contributed by atoms with Crippen LogP contribution in [0.1, 0.15) is 29.0 Å². The second kappa shape index (κ2) is 5.73. The summed E-state index contributed by atoms with van der Waals surface area (Å²) in [5, 5.41) is 6.02. The first kappa shape index (κ1) is 15.0. The summed E-state index contributed by atoms with van der Waals surface area (Å²) in [5.41, 5.74) is 1.93. The Morgan fingerprint density at radius 1 is 1.18 bits per heavy atom. The summed E-state index contributed by atoms with van der Waals surface area (Å²) in [6, 6.07) is 7.52. The van der Waals surface area contributed by atoms with Crippen LogP contribution in [0.2, 0.25) is 0 Å². The maximum Gasteiger partial charge on any atom is 0.291 e. The number of benzene rings is 1. The highest BCUT2D eigenvalue weighted by Crippen LogP contribution is 2.30. The first-order valence-corrected chi connectivity index (χ1v) is 8.68. The standard InChI is InChI=1S/C13H11F2N3O2S2/c14-11(15)12-16-17-13(21-12)18-22(19,20)10-6-5-8-3-1-2-4-9(8)7-10/h1-4,7,11H,5-6H2,(H,17,18). The van der Waals surface area contributed by atoms with Crippen LogP contribution in [0.5, 0.6) is 0 Å². The van der Waals surface area contributed by atoms with Crippen molar-refractivity contribution in [1.29, 1.82) is 0 Å². The molecule has 1 N–H and O–H groups in total. The zero-order chi connectivity index (χ0) is 15.7. The molecule has 0 bridgehead atoms. The number of hydrogen-bond acceptors (Lipinski definition) is 5. The number of allylic oxidation sites excluding steroid dienone is 1. The van der Waals surface area contributed by atoms with E-state index in [9.17, 15) is 17.2 Å². The molecule has 0 spiro atoms. The Kier molecular flexibility index (Phi) is 3.92. The third-order valence-electron chi connectivity index (χ3n) is 3.21. The van der Waals surface area contributed by atoms with E-state index in [-0.39, 0.29) is 10.0 Å². The van der Waals surface area contributed by atoms with Gasteiger partial charge in [0.25, 0.3) is 16.4 Å². The monoisotopic (exact) mass is 343 g/mol. The van der Waals surface area contributed by atoms with Crippen LogP contribution in [-0.2, 0) is 16.4 Å². The van der Waals surface area contributed by atoms with E-state index in [1.807, 2.05) is 24.3 Å². The zero-order valence-electron chi connectivity index (χ0n) is 11.2. The lowest BCUT2D eigenvalue weighted by atomic mass is 9.98. The molecule has 0 radical (unpaired) electrons. The van der Waals surface area contributed by atoms with Crippen molar-refractivity contribution < 1.29 is 17.2 Å². The van der Waals surface area contributed by atoms with Crippen molar-refractivity contribution in [2.24, 2.45) is 0 Å². The van der Waals surface area contributed by atoms with Gasteiger partial charge in [-0.1, -0.05) is 35.6 Å². The van der Waals surface area contributed by atoms with Crippen LogP contribution in [0.4, 0.5) is 13.9 Å². The quantitative estimate of drug-likeness (QED) is 0.925. The van der Waals surface area contributed by atoms with Gasteiger partial charge in [0.2, 0.25) is 5.13 Å². The van der Waals surface area contributed by atoms with Crippen LogP contribution in [-0.4, -0.2) is 18.6 Å². The maximum absolute atomic E-state index is 12.5. The van der Waals surface area contributed by atoms with Crippen molar-refractivity contribution in [1.82, 2.24) is 10.2 Å². The lowest BCUT2D eigenvalue weighted by Crippen LogP contribution is -2.17. The molecule has 0 saturated carbocycles. The van der Waals surface area contributed by atoms with Crippen LogP contribution < -0.4 is 4.72 Å². The molecule has 1 heterocycles. The molecule has 0 unspecified atom stereocenters. The second-order valence-electron chi connectivity index (χ2n) is 4.66. The van der Waals surface area contributed by atoms with E-state index in [1.54, 1.807) is 6.08 Å². The summed E-state index contributed by atoms with van der Waals surface area (Å²) >= 11 is 0.528. The minimum Gasteiger partial charge on any atom is -0.253 e. The predicted molar refractivity (Wildman–Crippen MR) is 80.1 cm³/mol. The minimum atomic E-state index is -3.82. The molecule has 1 aliphatic carbocycles. The van der Waals surface area contributed by atoms with Gasteiger partial charge < -0.3 is 0 Å². The number of aromatic nitrogens is 2. The van der Waals surface area contributed by atoms with E-state index < -0.39 is 21.5 Å². The number of aryl methyl sites for hydroxylation is 1. The van der Waals surface area contributed by atoms with Crippen LogP contribution >= 0.6 is 11.3 Å². The molecule has 0 amide bonds. The lowest BCUT2D eigenvalue weighted by Gasteiger charge is -2.16. The Morgan fingerprint density at radius 3 is 2.68 bits per heavy atom. The van der Waals surface area contributed by atoms with Gasteiger partial charge >= 0.3 is 0 Å². The average molecular weight is 343 g/mol. The number of alkyl halides is 2. The first-order valence-electron chi connectivity index (χ1n) is 6.38. The van der Waals surface area contributed by atoms with Gasteiger partial charge in [-0.2, -0.15) is 0 Å². The zero-order valence-corrected chi connectivity index (χ0v) is 12.8. The normalized spacial score (nSPS) is 14.6. The van der Waals surface area contributed by atoms with Gasteiger partial charge in [-0.25, -0.2) is 17.2 Å². The lowest BCUT2D eigenvalue weighted by molar-refractivity contribution is 0.150. The summed E-state index contributed by atoms with van der Waals surface area (Å²) < 4.78 is 51.7. The van der Waals surface area contributed by atoms with Crippen LogP contribution in [0.15, 0.2) is 29.2 Å². The molecular formula is C13H11F2N3O2S2. The highest BCUT2D eigenvalue weighted by Gasteiger charge is 2.24. The molecule has 1 aliphatic rings. The number of anilines is 1. The van der Waals surface area contributed by atoms with Crippen molar-refractivity contribution in [2.45, 2.75) is 19.3 Å². The van der Waals surface area contributed by atoms with Crippen LogP contribution in [0.3, 0.4) is 0 Å². The van der Waals surface area contributed by atoms with E-state index in [1.165, 1.54) is 0 Å². The molecule has 3 rings (SSSR count). The number of halogens is 2. The molecule has 5 nitrogen and oxygen atoms in total. The number of rotatable bonds is 4. The molecule has 0 saturated heterocycles. The van der Waals surface area contributed by atoms with Crippen LogP contribution in [0, 0.1) is 0 Å². The Labute approximate surface area is 129 Å². The largest absolute Gasteiger partial charge is 0.291 e. The molecule has 1 aromatic heterocycles. The molecule has 22 heavy (non-hydrogen) atoms. The highest BCUT2D eigenvalue weighted by atomic mass is 32.2. The third kappa shape index (κ3) is 3.00. The summed E-state index contributed by atoms with van der Waals surface area (Å²) in [7, 11) is -3.82. The van der Waals surface area contributed by atoms with Crippen molar-refractivity contribution in [3.8, 4) is 0 Å². The number of fused-ring (bicyclic) bond motifs is 1. The van der Waals surface area contributed by atoms with Crippen molar-refractivity contribution in [2.75, 3.05) is 4.72 Å². The molecule has 0 aliphatic heterocycles. The van der Waals surface area contributed by atoms with E-state index >= 15 is 0 Å². The van der Waals surface area contributed by atoms with E-state index in [4.69, 9.17) is 0 Å². The fourth-order valence-corrected chi connectivity index (χ4v) is 4.16. The third-order valence-corrected chi connectivity index (χ3v) is 5.66. The maximum atomic E-state index is 12.5. The molecule has 9 heteroatoms. The predicted octanol–water partition coefficient (Wildman–Crippen LogP) is 3.20. The van der Waals surface area contributed by atoms with E-state index in [0.717, 1.165) is 11.1 Å². The van der Waals surface area contributed by atoms with Crippen LogP contribution in [0.25, 0.3) is 6.08 Å². The first-order chi connectivity index (χ1) is 10.5. The van der Waals surface area contributed by atoms with Gasteiger partial charge in [0, 0.05) is 0 Å². The van der Waals surface area contributed by atoms with Gasteiger partial charge in [0.15, 0.2) is 5.01 Å². The summed E-state index contributed by atoms with van der Waals surface area (Å²) in [4.78, 5) is 0.208. The second-order valence-corrected chi connectivity index (χ2v) is 7.41. The fraction of sp³-hybridized carbons (Fsp3) is 0.231. The Bertz CT molecular complexity index is 831. The Hall–Kier alpha value is -1.87. The minimum absolute atomic E-state index is 0.157. The molecule has 2 aromatic rings. The molecule has 0 fully saturated rings. The van der Waals surface area contributed by atoms with Gasteiger partial charge in [-0.15, -0.1) is 10.2 Å². The average Bonchev–Trinajstić information content (AvgIpc) is 2.95. The van der Waals surface area contributed by atoms with Gasteiger partial charge in [0.1, 0.15) is 0 Å². The summed E-state index contributed by atoms with van der Waals surface area (Å²) in [6.45, 7) is 0. The highest BCUT2D eigenvalue weighted by molar-refractivity contribution is 7.96. The van der Waals surface area contributed by atoms with Gasteiger partial charge in [0.05, 0.1) is 4.91 Å². The van der Waals surface area contributed by atoms with Crippen molar-refractivity contribution in [3.63, 3.8) is 0 Å². The Morgan fingerprint density at radius 2 is 1.95 bits per heavy atom. The molecular weight excluding hydrogens is 332 g/mol. The molecule has 1 aromatic carbocycles.